The van der Waals surface area contributed by atoms with Gasteiger partial charge in [0.05, 0.1) is 11.8 Å². The van der Waals surface area contributed by atoms with Gasteiger partial charge in [-0.3, -0.25) is 4.79 Å². The Morgan fingerprint density at radius 2 is 1.92 bits per heavy atom. The van der Waals surface area contributed by atoms with Crippen molar-refractivity contribution in [1.82, 2.24) is 4.98 Å². The molecule has 0 bridgehead atoms. The fourth-order valence-corrected chi connectivity index (χ4v) is 3.47. The number of nitriles is 1. The Labute approximate surface area is 164 Å². The van der Waals surface area contributed by atoms with Crippen molar-refractivity contribution in [3.8, 4) is 23.1 Å². The number of aromatic nitrogens is 1. The molecule has 0 spiro atoms. The second-order valence-corrected chi connectivity index (χ2v) is 7.51. The van der Waals surface area contributed by atoms with E-state index in [0.717, 1.165) is 15.7 Å². The van der Waals surface area contributed by atoms with Crippen LogP contribution in [0.1, 0.15) is 16.5 Å². The Balaban J connectivity index is 1.70. The molecule has 1 aromatic heterocycles. The van der Waals surface area contributed by atoms with E-state index in [1.807, 2.05) is 54.8 Å². The molecule has 0 saturated carbocycles. The lowest BCUT2D eigenvalue weighted by Crippen LogP contribution is -2.19. The van der Waals surface area contributed by atoms with Crippen molar-refractivity contribution >= 4 is 33.0 Å². The Morgan fingerprint density at radius 3 is 2.58 bits per heavy atom. The minimum atomic E-state index is -0.922. The number of Topliss-reactive ketones (excluding diaryl/α,β-unsaturated/α-hetero) is 1. The summed E-state index contributed by atoms with van der Waals surface area (Å²) in [7, 11) is 0. The first kappa shape index (κ1) is 18.3. The minimum Gasteiger partial charge on any atom is -0.486 e. The number of carbonyl (C=O) groups excluding carboxylic acids is 1. The zero-order valence-electron chi connectivity index (χ0n) is 14.0. The molecule has 3 rings (SSSR count). The fraction of sp³-hybridized carbons (Fsp3) is 0.150. The van der Waals surface area contributed by atoms with Crippen molar-refractivity contribution < 1.29 is 9.53 Å². The molecular formula is C20H15BrN2O2S. The summed E-state index contributed by atoms with van der Waals surface area (Å²) < 4.78 is 6.42. The van der Waals surface area contributed by atoms with Gasteiger partial charge in [0, 0.05) is 15.4 Å². The number of ether oxygens (including phenoxy) is 1. The minimum absolute atomic E-state index is 0.167. The summed E-state index contributed by atoms with van der Waals surface area (Å²) in [6.07, 6.45) is 0. The maximum absolute atomic E-state index is 12.4. The smallest absolute Gasteiger partial charge is 0.194 e. The van der Waals surface area contributed by atoms with Crippen LogP contribution in [0, 0.1) is 18.3 Å². The quantitative estimate of drug-likeness (QED) is 0.547. The lowest BCUT2D eigenvalue weighted by Gasteiger charge is -2.08. The topological polar surface area (TPSA) is 63.0 Å². The Kier molecular flexibility index (Phi) is 5.82. The van der Waals surface area contributed by atoms with E-state index in [1.165, 1.54) is 16.9 Å². The van der Waals surface area contributed by atoms with Crippen molar-refractivity contribution in [2.75, 3.05) is 6.61 Å². The van der Waals surface area contributed by atoms with E-state index in [0.29, 0.717) is 10.8 Å². The predicted molar refractivity (Wildman–Crippen MR) is 105 cm³/mol. The van der Waals surface area contributed by atoms with Gasteiger partial charge in [0.1, 0.15) is 17.4 Å². The van der Waals surface area contributed by atoms with Crippen LogP contribution in [0.25, 0.3) is 11.3 Å². The molecule has 0 aliphatic heterocycles. The second-order valence-electron chi connectivity index (χ2n) is 5.71. The number of carbonyl (C=O) groups is 1. The molecule has 1 atom stereocenters. The third kappa shape index (κ3) is 4.37. The average Bonchev–Trinajstić information content (AvgIpc) is 3.12. The number of nitrogens with zero attached hydrogens (tertiary/aromatic N) is 2. The van der Waals surface area contributed by atoms with Crippen LogP contribution >= 0.6 is 27.3 Å². The third-order valence-electron chi connectivity index (χ3n) is 3.76. The van der Waals surface area contributed by atoms with Gasteiger partial charge in [-0.15, -0.1) is 11.3 Å². The number of hydrogen-bond donors (Lipinski definition) is 0. The number of hydrogen-bond acceptors (Lipinski definition) is 5. The number of rotatable bonds is 6. The zero-order valence-corrected chi connectivity index (χ0v) is 16.4. The molecule has 2 aromatic carbocycles. The molecule has 0 radical (unpaired) electrons. The van der Waals surface area contributed by atoms with E-state index in [2.05, 4.69) is 20.9 Å². The first-order chi connectivity index (χ1) is 12.6. The van der Waals surface area contributed by atoms with Crippen LogP contribution in [0.3, 0.4) is 0 Å². The molecule has 0 fully saturated rings. The Morgan fingerprint density at radius 1 is 1.23 bits per heavy atom. The third-order valence-corrected chi connectivity index (χ3v) is 5.20. The van der Waals surface area contributed by atoms with Crippen molar-refractivity contribution in [2.24, 2.45) is 0 Å². The van der Waals surface area contributed by atoms with Crippen LogP contribution in [0.2, 0.25) is 0 Å². The summed E-state index contributed by atoms with van der Waals surface area (Å²) in [4.78, 5) is 16.9. The van der Waals surface area contributed by atoms with Gasteiger partial charge in [-0.05, 0) is 31.2 Å². The van der Waals surface area contributed by atoms with Crippen molar-refractivity contribution in [1.29, 1.82) is 5.26 Å². The van der Waals surface area contributed by atoms with E-state index in [9.17, 15) is 10.1 Å². The standard InChI is InChI=1S/C20H15BrN2O2S/c1-13-2-4-14(5-3-13)18-12-26-20(23-18)17(10-22)19(24)11-25-16-8-6-15(21)7-9-16/h2-9,12,17H,11H2,1H3. The molecule has 1 heterocycles. The molecule has 1 unspecified atom stereocenters. The number of benzene rings is 2. The molecule has 0 saturated heterocycles. The highest BCUT2D eigenvalue weighted by Gasteiger charge is 2.24. The molecule has 0 aliphatic carbocycles. The van der Waals surface area contributed by atoms with Gasteiger partial charge in [-0.25, -0.2) is 4.98 Å². The number of ketones is 1. The first-order valence-electron chi connectivity index (χ1n) is 7.90. The maximum atomic E-state index is 12.4. The van der Waals surface area contributed by atoms with Gasteiger partial charge in [0.15, 0.2) is 11.7 Å². The molecule has 0 N–H and O–H groups in total. The molecule has 0 amide bonds. The van der Waals surface area contributed by atoms with Gasteiger partial charge < -0.3 is 4.74 Å². The largest absolute Gasteiger partial charge is 0.486 e. The molecule has 3 aromatic rings. The van der Waals surface area contributed by atoms with Crippen LogP contribution < -0.4 is 4.74 Å². The van der Waals surface area contributed by atoms with Gasteiger partial charge >= 0.3 is 0 Å². The molecule has 130 valence electrons. The van der Waals surface area contributed by atoms with Gasteiger partial charge in [-0.2, -0.15) is 5.26 Å². The predicted octanol–water partition coefficient (Wildman–Crippen LogP) is 5.14. The maximum Gasteiger partial charge on any atom is 0.194 e. The molecule has 6 heteroatoms. The summed E-state index contributed by atoms with van der Waals surface area (Å²) in [5, 5.41) is 11.8. The van der Waals surface area contributed by atoms with Crippen molar-refractivity contribution in [2.45, 2.75) is 12.8 Å². The summed E-state index contributed by atoms with van der Waals surface area (Å²) >= 11 is 4.66. The SMILES string of the molecule is Cc1ccc(-c2csc(C(C#N)C(=O)COc3ccc(Br)cc3)n2)cc1. The van der Waals surface area contributed by atoms with E-state index in [1.54, 1.807) is 12.1 Å². The van der Waals surface area contributed by atoms with E-state index < -0.39 is 5.92 Å². The lowest BCUT2D eigenvalue weighted by atomic mass is 10.1. The fourth-order valence-electron chi connectivity index (χ4n) is 2.31. The van der Waals surface area contributed by atoms with Crippen LogP contribution in [-0.2, 0) is 4.79 Å². The van der Waals surface area contributed by atoms with E-state index in [4.69, 9.17) is 4.74 Å². The zero-order chi connectivity index (χ0) is 18.5. The first-order valence-corrected chi connectivity index (χ1v) is 9.57. The molecule has 4 nitrogen and oxygen atoms in total. The highest BCUT2D eigenvalue weighted by Crippen LogP contribution is 2.27. The van der Waals surface area contributed by atoms with Crippen LogP contribution in [-0.4, -0.2) is 17.4 Å². The summed E-state index contributed by atoms with van der Waals surface area (Å²) in [5.74, 6) is -0.646. The number of thiazole rings is 1. The van der Waals surface area contributed by atoms with Gasteiger partial charge in [0.25, 0.3) is 0 Å². The van der Waals surface area contributed by atoms with Crippen molar-refractivity contribution in [3.63, 3.8) is 0 Å². The van der Waals surface area contributed by atoms with Gasteiger partial charge in [-0.1, -0.05) is 45.8 Å². The number of halogens is 1. The monoisotopic (exact) mass is 426 g/mol. The van der Waals surface area contributed by atoms with Crippen molar-refractivity contribution in [3.05, 3.63) is 69.0 Å². The van der Waals surface area contributed by atoms with Crippen LogP contribution in [0.4, 0.5) is 0 Å². The van der Waals surface area contributed by atoms with E-state index in [-0.39, 0.29) is 12.4 Å². The molecular weight excluding hydrogens is 412 g/mol. The highest BCUT2D eigenvalue weighted by molar-refractivity contribution is 9.10. The molecule has 26 heavy (non-hydrogen) atoms. The summed E-state index contributed by atoms with van der Waals surface area (Å²) in [6, 6.07) is 17.2. The van der Waals surface area contributed by atoms with Crippen LogP contribution in [0.15, 0.2) is 58.4 Å². The number of aryl methyl sites for hydroxylation is 1. The average molecular weight is 427 g/mol. The lowest BCUT2D eigenvalue weighted by molar-refractivity contribution is -0.121. The van der Waals surface area contributed by atoms with E-state index >= 15 is 0 Å². The summed E-state index contributed by atoms with van der Waals surface area (Å²) in [6.45, 7) is 1.85. The normalized spacial score (nSPS) is 11.6. The highest BCUT2D eigenvalue weighted by atomic mass is 79.9. The second kappa shape index (κ2) is 8.26. The Bertz CT molecular complexity index is 943. The Hall–Kier alpha value is -2.49. The van der Waals surface area contributed by atoms with Crippen LogP contribution in [0.5, 0.6) is 5.75 Å². The van der Waals surface area contributed by atoms with Gasteiger partial charge in [0.2, 0.25) is 0 Å². The molecule has 0 aliphatic rings. The summed E-state index contributed by atoms with van der Waals surface area (Å²) in [5.41, 5.74) is 2.90.